The van der Waals surface area contributed by atoms with Crippen LogP contribution in [0.5, 0.6) is 0 Å². The summed E-state index contributed by atoms with van der Waals surface area (Å²) in [6.45, 7) is 4.04. The van der Waals surface area contributed by atoms with Gasteiger partial charge in [-0.25, -0.2) is 4.79 Å². The number of alkyl halides is 1. The van der Waals surface area contributed by atoms with Crippen LogP contribution in [0.3, 0.4) is 0 Å². The highest BCUT2D eigenvalue weighted by molar-refractivity contribution is 14.1. The van der Waals surface area contributed by atoms with E-state index in [0.717, 1.165) is 22.0 Å². The van der Waals surface area contributed by atoms with Crippen molar-refractivity contribution in [3.05, 3.63) is 33.4 Å². The molecular formula is C15H20I2O4. The number of ether oxygens (including phenoxy) is 2. The summed E-state index contributed by atoms with van der Waals surface area (Å²) >= 11 is 4.41. The lowest BCUT2D eigenvalue weighted by Crippen LogP contribution is -2.36. The number of hydrogen-bond donors (Lipinski definition) is 1. The zero-order valence-electron chi connectivity index (χ0n) is 12.3. The third-order valence-electron chi connectivity index (χ3n) is 3.34. The summed E-state index contributed by atoms with van der Waals surface area (Å²) in [5.41, 5.74) is 0.791. The SMILES string of the molecule is CCC(I)(CC)O[C@H](c1ccccc1I)[C@H](O)C(=O)OC. The van der Waals surface area contributed by atoms with Gasteiger partial charge in [0.05, 0.1) is 7.11 Å². The number of benzene rings is 1. The third kappa shape index (κ3) is 5.04. The molecule has 0 radical (unpaired) electrons. The standard InChI is InChI=1S/C15H20I2O4/c1-4-15(17,5-2)21-13(12(18)14(19)20-3)10-8-6-7-9-11(10)16/h6-9,12-13,18H,4-5H2,1-3H3/t12-,13+/m0/s1. The Morgan fingerprint density at radius 3 is 2.38 bits per heavy atom. The van der Waals surface area contributed by atoms with Crippen molar-refractivity contribution in [3.8, 4) is 0 Å². The van der Waals surface area contributed by atoms with Gasteiger partial charge in [0.25, 0.3) is 0 Å². The van der Waals surface area contributed by atoms with Crippen molar-refractivity contribution in [3.63, 3.8) is 0 Å². The molecule has 0 aromatic heterocycles. The van der Waals surface area contributed by atoms with Crippen LogP contribution in [0.2, 0.25) is 0 Å². The van der Waals surface area contributed by atoms with Crippen LogP contribution >= 0.6 is 45.2 Å². The van der Waals surface area contributed by atoms with E-state index in [1.54, 1.807) is 0 Å². The monoisotopic (exact) mass is 518 g/mol. The van der Waals surface area contributed by atoms with Gasteiger partial charge in [-0.2, -0.15) is 0 Å². The molecular weight excluding hydrogens is 498 g/mol. The molecule has 0 saturated carbocycles. The Hall–Kier alpha value is 0.0700. The molecule has 21 heavy (non-hydrogen) atoms. The Labute approximate surface area is 152 Å². The first-order valence-electron chi connectivity index (χ1n) is 6.75. The zero-order valence-corrected chi connectivity index (χ0v) is 16.6. The fourth-order valence-electron chi connectivity index (χ4n) is 1.89. The summed E-state index contributed by atoms with van der Waals surface area (Å²) in [7, 11) is 1.26. The average Bonchev–Trinajstić information content (AvgIpc) is 2.51. The van der Waals surface area contributed by atoms with Crippen molar-refractivity contribution in [2.24, 2.45) is 0 Å². The number of rotatable bonds is 7. The largest absolute Gasteiger partial charge is 0.467 e. The maximum Gasteiger partial charge on any atom is 0.337 e. The molecule has 1 aromatic rings. The quantitative estimate of drug-likeness (QED) is 0.339. The Morgan fingerprint density at radius 2 is 1.90 bits per heavy atom. The molecule has 0 aliphatic rings. The average molecular weight is 518 g/mol. The van der Waals surface area contributed by atoms with Gasteiger partial charge in [0.2, 0.25) is 0 Å². The lowest BCUT2D eigenvalue weighted by atomic mass is 10.0. The number of halogens is 2. The van der Waals surface area contributed by atoms with E-state index in [-0.39, 0.29) is 0 Å². The number of carbonyl (C=O) groups is 1. The molecule has 1 aromatic carbocycles. The van der Waals surface area contributed by atoms with Gasteiger partial charge in [0.15, 0.2) is 6.10 Å². The number of carbonyl (C=O) groups excluding carboxylic acids is 1. The Morgan fingerprint density at radius 1 is 1.33 bits per heavy atom. The fraction of sp³-hybridized carbons (Fsp3) is 0.533. The van der Waals surface area contributed by atoms with Crippen molar-refractivity contribution in [1.82, 2.24) is 0 Å². The van der Waals surface area contributed by atoms with E-state index < -0.39 is 21.8 Å². The summed E-state index contributed by atoms with van der Waals surface area (Å²) in [4.78, 5) is 11.7. The van der Waals surface area contributed by atoms with E-state index in [2.05, 4.69) is 49.9 Å². The van der Waals surface area contributed by atoms with Gasteiger partial charge in [-0.15, -0.1) is 0 Å². The van der Waals surface area contributed by atoms with Gasteiger partial charge in [0, 0.05) is 3.57 Å². The molecule has 0 unspecified atom stereocenters. The minimum absolute atomic E-state index is 0.434. The van der Waals surface area contributed by atoms with Gasteiger partial charge in [-0.1, -0.05) is 32.0 Å². The fourth-order valence-corrected chi connectivity index (χ4v) is 2.86. The first-order valence-corrected chi connectivity index (χ1v) is 8.91. The molecule has 0 aliphatic heterocycles. The van der Waals surface area contributed by atoms with Crippen molar-refractivity contribution in [2.75, 3.05) is 7.11 Å². The lowest BCUT2D eigenvalue weighted by Gasteiger charge is -2.33. The predicted octanol–water partition coefficient (Wildman–Crippen LogP) is 3.83. The number of hydrogen-bond acceptors (Lipinski definition) is 4. The zero-order chi connectivity index (χ0) is 16.0. The molecule has 4 nitrogen and oxygen atoms in total. The topological polar surface area (TPSA) is 55.8 Å². The van der Waals surface area contributed by atoms with E-state index >= 15 is 0 Å². The molecule has 0 spiro atoms. The highest BCUT2D eigenvalue weighted by atomic mass is 127. The molecule has 0 bridgehead atoms. The van der Waals surface area contributed by atoms with Gasteiger partial charge in [-0.3, -0.25) is 0 Å². The van der Waals surface area contributed by atoms with Gasteiger partial charge in [-0.05, 0) is 69.7 Å². The van der Waals surface area contributed by atoms with E-state index in [4.69, 9.17) is 4.74 Å². The van der Waals surface area contributed by atoms with Crippen LogP contribution < -0.4 is 0 Å². The molecule has 2 atom stereocenters. The second-order valence-electron chi connectivity index (χ2n) is 4.62. The maximum atomic E-state index is 11.7. The number of aliphatic hydroxyl groups excluding tert-OH is 1. The molecule has 1 N–H and O–H groups in total. The molecule has 0 aliphatic carbocycles. The molecule has 6 heteroatoms. The second kappa shape index (κ2) is 8.64. The Kier molecular flexibility index (Phi) is 7.86. The maximum absolute atomic E-state index is 11.7. The summed E-state index contributed by atoms with van der Waals surface area (Å²) in [6, 6.07) is 7.55. The molecule has 0 fully saturated rings. The second-order valence-corrected chi connectivity index (χ2v) is 7.75. The molecule has 118 valence electrons. The molecule has 0 heterocycles. The molecule has 0 amide bonds. The third-order valence-corrected chi connectivity index (χ3v) is 6.10. The molecule has 0 saturated heterocycles. The van der Waals surface area contributed by atoms with Crippen LogP contribution in [0, 0.1) is 3.57 Å². The summed E-state index contributed by atoms with van der Waals surface area (Å²) in [6.07, 6.45) is -0.545. The highest BCUT2D eigenvalue weighted by Crippen LogP contribution is 2.37. The van der Waals surface area contributed by atoms with Gasteiger partial charge < -0.3 is 14.6 Å². The number of aliphatic hydroxyl groups is 1. The van der Waals surface area contributed by atoms with Crippen LogP contribution in [0.25, 0.3) is 0 Å². The van der Waals surface area contributed by atoms with E-state index in [1.807, 2.05) is 38.1 Å². The number of esters is 1. The Balaban J connectivity index is 3.18. The van der Waals surface area contributed by atoms with Gasteiger partial charge in [0.1, 0.15) is 9.71 Å². The summed E-state index contributed by atoms with van der Waals surface area (Å²) < 4.78 is 11.3. The van der Waals surface area contributed by atoms with Crippen LogP contribution in [0.15, 0.2) is 24.3 Å². The van der Waals surface area contributed by atoms with Crippen molar-refractivity contribution < 1.29 is 19.4 Å². The first-order chi connectivity index (χ1) is 9.88. The Bertz CT molecular complexity index is 474. The van der Waals surface area contributed by atoms with Crippen LogP contribution in [-0.2, 0) is 14.3 Å². The minimum Gasteiger partial charge on any atom is -0.467 e. The van der Waals surface area contributed by atoms with Crippen LogP contribution in [0.1, 0.15) is 38.4 Å². The smallest absolute Gasteiger partial charge is 0.337 e. The lowest BCUT2D eigenvalue weighted by molar-refractivity contribution is -0.164. The van der Waals surface area contributed by atoms with Gasteiger partial charge >= 0.3 is 5.97 Å². The van der Waals surface area contributed by atoms with Crippen molar-refractivity contribution in [1.29, 1.82) is 0 Å². The first kappa shape index (κ1) is 19.1. The van der Waals surface area contributed by atoms with Crippen LogP contribution in [0.4, 0.5) is 0 Å². The summed E-state index contributed by atoms with van der Waals surface area (Å²) in [5.74, 6) is -0.689. The van der Waals surface area contributed by atoms with E-state index in [9.17, 15) is 9.90 Å². The van der Waals surface area contributed by atoms with E-state index in [0.29, 0.717) is 0 Å². The van der Waals surface area contributed by atoms with Crippen LogP contribution in [-0.4, -0.2) is 27.9 Å². The highest BCUT2D eigenvalue weighted by Gasteiger charge is 2.36. The normalized spacial score (nSPS) is 14.6. The van der Waals surface area contributed by atoms with Crippen molar-refractivity contribution >= 4 is 51.2 Å². The van der Waals surface area contributed by atoms with E-state index in [1.165, 1.54) is 7.11 Å². The predicted molar refractivity (Wildman–Crippen MR) is 98.3 cm³/mol. The molecule has 1 rings (SSSR count). The summed E-state index contributed by atoms with van der Waals surface area (Å²) in [5, 5.41) is 10.3. The van der Waals surface area contributed by atoms with Crippen molar-refractivity contribution in [2.45, 2.75) is 42.5 Å². The number of methoxy groups -OCH3 is 1. The minimum atomic E-state index is -1.35.